The summed E-state index contributed by atoms with van der Waals surface area (Å²) in [5.41, 5.74) is 0.768. The molecule has 0 spiro atoms. The molecule has 0 unspecified atom stereocenters. The number of methoxy groups -OCH3 is 1. The van der Waals surface area contributed by atoms with Gasteiger partial charge in [0.15, 0.2) is 0 Å². The fourth-order valence-electron chi connectivity index (χ4n) is 1.89. The molecule has 1 heterocycles. The van der Waals surface area contributed by atoms with Gasteiger partial charge in [-0.15, -0.1) is 0 Å². The highest BCUT2D eigenvalue weighted by Crippen LogP contribution is 2.30. The number of anilines is 3. The van der Waals surface area contributed by atoms with Crippen molar-refractivity contribution in [3.8, 4) is 5.75 Å². The van der Waals surface area contributed by atoms with Crippen molar-refractivity contribution < 1.29 is 4.74 Å². The molecule has 1 aromatic heterocycles. The first-order valence-corrected chi connectivity index (χ1v) is 7.20. The number of rotatable bonds is 6. The first kappa shape index (κ1) is 15.4. The Balaban J connectivity index is 2.26. The molecule has 1 aromatic carbocycles. The van der Waals surface area contributed by atoms with Crippen molar-refractivity contribution in [3.05, 3.63) is 35.1 Å². The molecule has 0 saturated heterocycles. The van der Waals surface area contributed by atoms with E-state index in [-0.39, 0.29) is 0 Å². The van der Waals surface area contributed by atoms with Gasteiger partial charge >= 0.3 is 0 Å². The number of aromatic nitrogens is 2. The van der Waals surface area contributed by atoms with Gasteiger partial charge in [0.05, 0.1) is 12.8 Å². The third kappa shape index (κ3) is 4.23. The molecule has 2 N–H and O–H groups in total. The Morgan fingerprint density at radius 3 is 2.67 bits per heavy atom. The van der Waals surface area contributed by atoms with E-state index in [1.165, 1.54) is 0 Å². The summed E-state index contributed by atoms with van der Waals surface area (Å²) in [6.45, 7) is 4.84. The van der Waals surface area contributed by atoms with Gasteiger partial charge in [0.2, 0.25) is 0 Å². The second-order valence-corrected chi connectivity index (χ2v) is 5.02. The fraction of sp³-hybridized carbons (Fsp3) is 0.333. The Hall–Kier alpha value is -2.01. The molecule has 0 radical (unpaired) electrons. The quantitative estimate of drug-likeness (QED) is 0.844. The van der Waals surface area contributed by atoms with Crippen LogP contribution in [0.3, 0.4) is 0 Å². The third-order valence-corrected chi connectivity index (χ3v) is 3.05. The van der Waals surface area contributed by atoms with Gasteiger partial charge in [-0.25, -0.2) is 9.97 Å². The van der Waals surface area contributed by atoms with Gasteiger partial charge in [-0.05, 0) is 31.5 Å². The summed E-state index contributed by atoms with van der Waals surface area (Å²) in [7, 11) is 1.62. The summed E-state index contributed by atoms with van der Waals surface area (Å²) >= 11 is 6.03. The Kier molecular flexibility index (Phi) is 5.22. The molecule has 0 fully saturated rings. The first-order chi connectivity index (χ1) is 10.1. The van der Waals surface area contributed by atoms with Crippen molar-refractivity contribution in [3.63, 3.8) is 0 Å². The Bertz CT molecular complexity index is 619. The van der Waals surface area contributed by atoms with Gasteiger partial charge in [-0.1, -0.05) is 18.5 Å². The molecule has 5 nitrogen and oxygen atoms in total. The molecule has 112 valence electrons. The van der Waals surface area contributed by atoms with Gasteiger partial charge < -0.3 is 15.4 Å². The number of ether oxygens (including phenoxy) is 1. The van der Waals surface area contributed by atoms with E-state index in [0.29, 0.717) is 22.4 Å². The number of hydrogen-bond donors (Lipinski definition) is 2. The van der Waals surface area contributed by atoms with Crippen molar-refractivity contribution in [2.24, 2.45) is 0 Å². The smallest absolute Gasteiger partial charge is 0.142 e. The lowest BCUT2D eigenvalue weighted by Crippen LogP contribution is -2.06. The number of halogens is 1. The maximum Gasteiger partial charge on any atom is 0.142 e. The average Bonchev–Trinajstić information content (AvgIpc) is 2.45. The monoisotopic (exact) mass is 306 g/mol. The molecule has 0 amide bonds. The highest BCUT2D eigenvalue weighted by Gasteiger charge is 2.07. The van der Waals surface area contributed by atoms with E-state index in [9.17, 15) is 0 Å². The predicted molar refractivity (Wildman–Crippen MR) is 86.8 cm³/mol. The van der Waals surface area contributed by atoms with Crippen molar-refractivity contribution >= 4 is 28.9 Å². The summed E-state index contributed by atoms with van der Waals surface area (Å²) in [5.74, 6) is 2.90. The molecule has 0 bridgehead atoms. The van der Waals surface area contributed by atoms with Gasteiger partial charge in [0, 0.05) is 17.6 Å². The minimum absolute atomic E-state index is 0.633. The van der Waals surface area contributed by atoms with Crippen LogP contribution in [0.2, 0.25) is 5.02 Å². The van der Waals surface area contributed by atoms with Crippen LogP contribution in [0.15, 0.2) is 24.3 Å². The molecule has 0 aliphatic heterocycles. The maximum absolute atomic E-state index is 6.03. The zero-order valence-electron chi connectivity index (χ0n) is 12.4. The second-order valence-electron chi connectivity index (χ2n) is 4.58. The zero-order chi connectivity index (χ0) is 15.2. The summed E-state index contributed by atoms with van der Waals surface area (Å²) in [5, 5.41) is 7.11. The molecule has 0 aliphatic rings. The summed E-state index contributed by atoms with van der Waals surface area (Å²) in [6.07, 6.45) is 1.04. The minimum atomic E-state index is 0.633. The predicted octanol–water partition coefficient (Wildman–Crippen LogP) is 4.01. The van der Waals surface area contributed by atoms with Crippen LogP contribution in [0.25, 0.3) is 0 Å². The van der Waals surface area contributed by atoms with Crippen molar-refractivity contribution in [1.29, 1.82) is 0 Å². The minimum Gasteiger partial charge on any atom is -0.495 e. The van der Waals surface area contributed by atoms with Gasteiger partial charge in [0.1, 0.15) is 23.2 Å². The molecule has 0 aliphatic carbocycles. The van der Waals surface area contributed by atoms with Gasteiger partial charge in [-0.2, -0.15) is 0 Å². The highest BCUT2D eigenvalue weighted by atomic mass is 35.5. The Morgan fingerprint density at radius 1 is 1.19 bits per heavy atom. The number of aryl methyl sites for hydroxylation is 1. The largest absolute Gasteiger partial charge is 0.495 e. The van der Waals surface area contributed by atoms with E-state index in [2.05, 4.69) is 27.5 Å². The average molecular weight is 307 g/mol. The van der Waals surface area contributed by atoms with E-state index < -0.39 is 0 Å². The van der Waals surface area contributed by atoms with Crippen LogP contribution >= 0.6 is 11.6 Å². The molecule has 21 heavy (non-hydrogen) atoms. The molecule has 0 saturated carbocycles. The first-order valence-electron chi connectivity index (χ1n) is 6.82. The number of nitrogens with one attached hydrogen (secondary N) is 2. The highest BCUT2D eigenvalue weighted by molar-refractivity contribution is 6.31. The molecular weight excluding hydrogens is 288 g/mol. The van der Waals surface area contributed by atoms with Crippen LogP contribution in [0, 0.1) is 6.92 Å². The van der Waals surface area contributed by atoms with E-state index in [1.54, 1.807) is 19.2 Å². The lowest BCUT2D eigenvalue weighted by Gasteiger charge is -2.12. The third-order valence-electron chi connectivity index (χ3n) is 2.82. The van der Waals surface area contributed by atoms with Crippen LogP contribution in [0.4, 0.5) is 17.3 Å². The van der Waals surface area contributed by atoms with Crippen molar-refractivity contribution in [2.45, 2.75) is 20.3 Å². The van der Waals surface area contributed by atoms with Gasteiger partial charge in [-0.3, -0.25) is 0 Å². The normalized spacial score (nSPS) is 10.3. The number of hydrogen-bond acceptors (Lipinski definition) is 5. The van der Waals surface area contributed by atoms with Crippen LogP contribution in [-0.4, -0.2) is 23.6 Å². The van der Waals surface area contributed by atoms with Crippen LogP contribution in [0.1, 0.15) is 19.2 Å². The molecule has 0 atom stereocenters. The number of nitrogens with zero attached hydrogens (tertiary/aromatic N) is 2. The second kappa shape index (κ2) is 7.13. The summed E-state index contributed by atoms with van der Waals surface area (Å²) < 4.78 is 5.32. The van der Waals surface area contributed by atoms with Crippen LogP contribution < -0.4 is 15.4 Å². The molecular formula is C15H19ClN4O. The standard InChI is InChI=1S/C15H19ClN4O/c1-4-7-17-14-9-15(19-10(2)18-14)20-12-8-11(16)5-6-13(12)21-3/h5-6,8-9H,4,7H2,1-3H3,(H2,17,18,19,20). The van der Waals surface area contributed by atoms with E-state index in [0.717, 1.165) is 24.5 Å². The van der Waals surface area contributed by atoms with Crippen molar-refractivity contribution in [2.75, 3.05) is 24.3 Å². The van der Waals surface area contributed by atoms with E-state index in [1.807, 2.05) is 19.1 Å². The maximum atomic E-state index is 6.03. The Morgan fingerprint density at radius 2 is 1.95 bits per heavy atom. The fourth-order valence-corrected chi connectivity index (χ4v) is 2.06. The summed E-state index contributed by atoms with van der Waals surface area (Å²) in [6, 6.07) is 7.26. The van der Waals surface area contributed by atoms with Crippen LogP contribution in [0.5, 0.6) is 5.75 Å². The lowest BCUT2D eigenvalue weighted by atomic mass is 10.3. The Labute approximate surface area is 129 Å². The molecule has 6 heteroatoms. The van der Waals surface area contributed by atoms with E-state index >= 15 is 0 Å². The molecule has 2 rings (SSSR count). The molecule has 2 aromatic rings. The zero-order valence-corrected chi connectivity index (χ0v) is 13.2. The van der Waals surface area contributed by atoms with Crippen molar-refractivity contribution in [1.82, 2.24) is 9.97 Å². The van der Waals surface area contributed by atoms with Gasteiger partial charge in [0.25, 0.3) is 0 Å². The number of benzene rings is 1. The summed E-state index contributed by atoms with van der Waals surface area (Å²) in [4.78, 5) is 8.73. The van der Waals surface area contributed by atoms with Crippen LogP contribution in [-0.2, 0) is 0 Å². The SMILES string of the molecule is CCCNc1cc(Nc2cc(Cl)ccc2OC)nc(C)n1. The lowest BCUT2D eigenvalue weighted by molar-refractivity contribution is 0.417. The topological polar surface area (TPSA) is 59.1 Å². The van der Waals surface area contributed by atoms with E-state index in [4.69, 9.17) is 16.3 Å².